The second-order valence-electron chi connectivity index (χ2n) is 15.5. The molecule has 0 aromatic heterocycles. The maximum absolute atomic E-state index is 12.5. The smallest absolute Gasteiger partial charge is 0.449 e. The van der Waals surface area contributed by atoms with Gasteiger partial charge in [0.2, 0.25) is 0 Å². The van der Waals surface area contributed by atoms with Gasteiger partial charge in [-0.15, -0.1) is 0 Å². The molecule has 8 aliphatic carbocycles. The van der Waals surface area contributed by atoms with Crippen molar-refractivity contribution in [3.05, 3.63) is 0 Å². The molecule has 0 saturated heterocycles. The van der Waals surface area contributed by atoms with Gasteiger partial charge < -0.3 is 9.47 Å². The molecule has 8 saturated carbocycles. The first-order valence-electron chi connectivity index (χ1n) is 16.1. The van der Waals surface area contributed by atoms with Crippen molar-refractivity contribution in [3.63, 3.8) is 0 Å². The van der Waals surface area contributed by atoms with Crippen LogP contribution in [-0.4, -0.2) is 47.3 Å². The van der Waals surface area contributed by atoms with Gasteiger partial charge in [-0.25, -0.2) is 19.2 Å². The summed E-state index contributed by atoms with van der Waals surface area (Å²) < 4.78 is 11.2. The molecule has 0 spiro atoms. The van der Waals surface area contributed by atoms with Crippen LogP contribution < -0.4 is 0 Å². The third kappa shape index (κ3) is 6.49. The molecule has 0 aromatic carbocycles. The molecule has 10 nitrogen and oxygen atoms in total. The third-order valence-electron chi connectivity index (χ3n) is 11.1. The molecule has 0 heterocycles. The molecule has 0 unspecified atom stereocenters. The molecule has 0 atom stereocenters. The lowest BCUT2D eigenvalue weighted by Gasteiger charge is -2.53. The van der Waals surface area contributed by atoms with E-state index in [0.717, 1.165) is 75.0 Å². The minimum absolute atomic E-state index is 0.211. The first-order chi connectivity index (χ1) is 19.8. The van der Waals surface area contributed by atoms with Crippen LogP contribution in [0, 0.1) is 47.3 Å². The SMILES string of the molecule is CC(C)(CCC(C)(C)OOC(=O)C(=O)OC1C2CC3CC(C2)CC1C3)OOC(=O)C(=O)OC1C2CC3CC(C2)CC1C3. The van der Waals surface area contributed by atoms with Crippen molar-refractivity contribution < 1.29 is 48.2 Å². The lowest BCUT2D eigenvalue weighted by atomic mass is 9.55. The van der Waals surface area contributed by atoms with E-state index in [-0.39, 0.29) is 12.2 Å². The lowest BCUT2D eigenvalue weighted by molar-refractivity contribution is -0.339. The molecule has 0 radical (unpaired) electrons. The highest BCUT2D eigenvalue weighted by Gasteiger charge is 2.52. The fraction of sp³-hybridized carbons (Fsp3) is 0.875. The van der Waals surface area contributed by atoms with E-state index >= 15 is 0 Å². The van der Waals surface area contributed by atoms with Crippen molar-refractivity contribution in [1.82, 2.24) is 0 Å². The van der Waals surface area contributed by atoms with Crippen LogP contribution in [0.2, 0.25) is 0 Å². The Balaban J connectivity index is 0.895. The maximum atomic E-state index is 12.5. The summed E-state index contributed by atoms with van der Waals surface area (Å²) in [6.45, 7) is 6.81. The summed E-state index contributed by atoms with van der Waals surface area (Å²) >= 11 is 0. The predicted octanol–water partition coefficient (Wildman–Crippen LogP) is 5.01. The van der Waals surface area contributed by atoms with Crippen LogP contribution in [0.5, 0.6) is 0 Å². The molecule has 234 valence electrons. The van der Waals surface area contributed by atoms with Gasteiger partial charge in [-0.3, -0.25) is 9.78 Å². The van der Waals surface area contributed by atoms with Crippen molar-refractivity contribution in [1.29, 1.82) is 0 Å². The van der Waals surface area contributed by atoms with Crippen molar-refractivity contribution in [3.8, 4) is 0 Å². The van der Waals surface area contributed by atoms with E-state index in [1.165, 1.54) is 12.8 Å². The minimum atomic E-state index is -1.17. The van der Waals surface area contributed by atoms with E-state index in [1.54, 1.807) is 27.7 Å². The van der Waals surface area contributed by atoms with Crippen molar-refractivity contribution >= 4 is 23.9 Å². The predicted molar refractivity (Wildman–Crippen MR) is 146 cm³/mol. The molecule has 0 aromatic rings. The molecule has 8 fully saturated rings. The van der Waals surface area contributed by atoms with E-state index in [4.69, 9.17) is 29.0 Å². The summed E-state index contributed by atoms with van der Waals surface area (Å²) in [6.07, 6.45) is 11.4. The van der Waals surface area contributed by atoms with E-state index in [9.17, 15) is 19.2 Å². The van der Waals surface area contributed by atoms with E-state index < -0.39 is 35.1 Å². The fourth-order valence-corrected chi connectivity index (χ4v) is 9.53. The van der Waals surface area contributed by atoms with Crippen LogP contribution in [0.1, 0.15) is 105 Å². The largest absolute Gasteiger partial charge is 0.453 e. The molecule has 8 bridgehead atoms. The Morgan fingerprint density at radius 2 is 0.762 bits per heavy atom. The van der Waals surface area contributed by atoms with Gasteiger partial charge in [0.25, 0.3) is 0 Å². The lowest BCUT2D eigenvalue weighted by Crippen LogP contribution is -2.50. The van der Waals surface area contributed by atoms with Crippen LogP contribution in [0.25, 0.3) is 0 Å². The monoisotopic (exact) mass is 590 g/mol. The molecule has 8 aliphatic rings. The zero-order valence-corrected chi connectivity index (χ0v) is 25.3. The molecule has 0 amide bonds. The van der Waals surface area contributed by atoms with E-state index in [1.807, 2.05) is 0 Å². The number of carbonyl (C=O) groups excluding carboxylic acids is 4. The zero-order valence-electron chi connectivity index (χ0n) is 25.3. The Kier molecular flexibility index (Phi) is 8.09. The average molecular weight is 591 g/mol. The van der Waals surface area contributed by atoms with E-state index in [0.29, 0.717) is 36.5 Å². The molecular formula is C32H46O10. The second kappa shape index (κ2) is 11.4. The number of rotatable bonds is 9. The normalized spacial score (nSPS) is 37.8. The summed E-state index contributed by atoms with van der Waals surface area (Å²) in [5.41, 5.74) is -1.94. The standard InChI is InChI=1S/C32H46O10/c1-31(2,41-39-29(35)27(33)37-25-21-9-17-7-18(11-21)12-22(25)10-17)5-6-32(3,4)42-40-30(36)28(34)38-26-23-13-19-8-20(15-23)16-24(26)14-19/h17-26H,5-16H2,1-4H3. The van der Waals surface area contributed by atoms with Gasteiger partial charge in [0.15, 0.2) is 0 Å². The first kappa shape index (κ1) is 29.9. The quantitative estimate of drug-likeness (QED) is 0.157. The highest BCUT2D eigenvalue weighted by molar-refractivity contribution is 6.29. The number of ether oxygens (including phenoxy) is 2. The van der Waals surface area contributed by atoms with Crippen LogP contribution in [0.4, 0.5) is 0 Å². The van der Waals surface area contributed by atoms with Gasteiger partial charge in [-0.2, -0.15) is 9.78 Å². The number of hydrogen-bond acceptors (Lipinski definition) is 10. The summed E-state index contributed by atoms with van der Waals surface area (Å²) in [5, 5.41) is 0. The first-order valence-corrected chi connectivity index (χ1v) is 16.1. The molecule has 0 N–H and O–H groups in total. The highest BCUT2D eigenvalue weighted by Crippen LogP contribution is 2.55. The Hall–Kier alpha value is -2.20. The Bertz CT molecular complexity index is 939. The molecule has 8 rings (SSSR count). The summed E-state index contributed by atoms with van der Waals surface area (Å²) in [4.78, 5) is 70.1. The highest BCUT2D eigenvalue weighted by atomic mass is 17.2. The fourth-order valence-electron chi connectivity index (χ4n) is 9.53. The van der Waals surface area contributed by atoms with Gasteiger partial charge in [0, 0.05) is 0 Å². The van der Waals surface area contributed by atoms with Crippen LogP contribution in [-0.2, 0) is 48.2 Å². The van der Waals surface area contributed by atoms with Gasteiger partial charge in [0.05, 0.1) is 0 Å². The molecular weight excluding hydrogens is 544 g/mol. The summed E-state index contributed by atoms with van der Waals surface area (Å²) in [7, 11) is 0. The number of carbonyl (C=O) groups is 4. The number of hydrogen-bond donors (Lipinski definition) is 0. The third-order valence-corrected chi connectivity index (χ3v) is 11.1. The van der Waals surface area contributed by atoms with Crippen molar-refractivity contribution in [2.45, 2.75) is 128 Å². The van der Waals surface area contributed by atoms with Gasteiger partial charge in [-0.05, 0) is 152 Å². The average Bonchev–Trinajstić information content (AvgIpc) is 2.92. The van der Waals surface area contributed by atoms with E-state index in [2.05, 4.69) is 0 Å². The number of esters is 2. The Morgan fingerprint density at radius 1 is 0.476 bits per heavy atom. The van der Waals surface area contributed by atoms with Gasteiger partial charge in [-0.1, -0.05) is 0 Å². The topological polar surface area (TPSA) is 124 Å². The van der Waals surface area contributed by atoms with Crippen LogP contribution in [0.15, 0.2) is 0 Å². The second-order valence-corrected chi connectivity index (χ2v) is 15.5. The Labute approximate surface area is 247 Å². The van der Waals surface area contributed by atoms with Crippen LogP contribution >= 0.6 is 0 Å². The summed E-state index contributed by atoms with van der Waals surface area (Å²) in [6, 6.07) is 0. The Morgan fingerprint density at radius 3 is 1.05 bits per heavy atom. The minimum Gasteiger partial charge on any atom is -0.453 e. The van der Waals surface area contributed by atoms with Gasteiger partial charge >= 0.3 is 23.9 Å². The summed E-state index contributed by atoms with van der Waals surface area (Å²) in [5.74, 6) is -0.0799. The maximum Gasteiger partial charge on any atom is 0.449 e. The zero-order chi connectivity index (χ0) is 29.8. The van der Waals surface area contributed by atoms with Crippen LogP contribution in [0.3, 0.4) is 0 Å². The molecule has 10 heteroatoms. The molecule has 0 aliphatic heterocycles. The van der Waals surface area contributed by atoms with Gasteiger partial charge in [0.1, 0.15) is 23.4 Å². The van der Waals surface area contributed by atoms with Crippen molar-refractivity contribution in [2.24, 2.45) is 47.3 Å². The molecule has 42 heavy (non-hydrogen) atoms. The van der Waals surface area contributed by atoms with Crippen molar-refractivity contribution in [2.75, 3.05) is 0 Å².